The van der Waals surface area contributed by atoms with Crippen LogP contribution in [0.3, 0.4) is 0 Å². The molecule has 0 radical (unpaired) electrons. The standard InChI is InChI=1S/C12H25.Na/c1-3-5-7-9-11-12-10-8-6-4-2;/h1,3-12H2,2H3;. The van der Waals surface area contributed by atoms with Gasteiger partial charge in [-0.25, -0.2) is 0 Å². The molecule has 0 fully saturated rings. The third-order valence-electron chi connectivity index (χ3n) is 2.71. The Labute approximate surface area is 102 Å². The van der Waals surface area contributed by atoms with Crippen molar-refractivity contribution in [3.05, 3.63) is 0 Å². The summed E-state index contributed by atoms with van der Waals surface area (Å²) in [7, 11) is 0. The summed E-state index contributed by atoms with van der Waals surface area (Å²) in [5.74, 6) is 0. The normalized spacial score (nSPS) is 10.7. The van der Waals surface area contributed by atoms with E-state index in [9.17, 15) is 0 Å². The van der Waals surface area contributed by atoms with Crippen molar-refractivity contribution in [2.75, 3.05) is 0 Å². The molecule has 0 unspecified atom stereocenters. The van der Waals surface area contributed by atoms with E-state index in [0.717, 1.165) is 0 Å². The SMILES string of the molecule is CCCCCCCCCCC[CH2][Na]. The molecule has 0 heterocycles. The van der Waals surface area contributed by atoms with Gasteiger partial charge in [-0.3, -0.25) is 0 Å². The average molecular weight is 192 g/mol. The summed E-state index contributed by atoms with van der Waals surface area (Å²) in [4.78, 5) is 0. The van der Waals surface area contributed by atoms with Crippen molar-refractivity contribution in [3.8, 4) is 0 Å². The Morgan fingerprint density at radius 2 is 1.00 bits per heavy atom. The van der Waals surface area contributed by atoms with E-state index in [-0.39, 0.29) is 0 Å². The third-order valence-corrected chi connectivity index (χ3v) is 3.41. The van der Waals surface area contributed by atoms with Crippen LogP contribution in [0.25, 0.3) is 0 Å². The second-order valence-corrected chi connectivity index (χ2v) is 5.18. The molecule has 0 spiro atoms. The minimum absolute atomic E-state index is 1.38. The Morgan fingerprint density at radius 3 is 1.38 bits per heavy atom. The van der Waals surface area contributed by atoms with Crippen LogP contribution < -0.4 is 0 Å². The number of hydrogen-bond acceptors (Lipinski definition) is 0. The van der Waals surface area contributed by atoms with Crippen molar-refractivity contribution in [1.29, 1.82) is 0 Å². The molecule has 0 amide bonds. The van der Waals surface area contributed by atoms with E-state index in [4.69, 9.17) is 0 Å². The molecular formula is C12H25Na. The van der Waals surface area contributed by atoms with Crippen LogP contribution in [0, 0.1) is 0 Å². The maximum absolute atomic E-state index is 2.29. The molecule has 0 saturated heterocycles. The summed E-state index contributed by atoms with van der Waals surface area (Å²) >= 11 is 1.41. The van der Waals surface area contributed by atoms with Gasteiger partial charge in [-0.2, -0.15) is 0 Å². The van der Waals surface area contributed by atoms with Crippen LogP contribution >= 0.6 is 0 Å². The third kappa shape index (κ3) is 13.0. The molecule has 1 heteroatoms. The van der Waals surface area contributed by atoms with Gasteiger partial charge in [-0.15, -0.1) is 0 Å². The Morgan fingerprint density at radius 1 is 0.615 bits per heavy atom. The topological polar surface area (TPSA) is 0 Å². The molecule has 0 aromatic heterocycles. The van der Waals surface area contributed by atoms with Crippen molar-refractivity contribution in [2.45, 2.75) is 74.8 Å². The quantitative estimate of drug-likeness (QED) is 0.353. The van der Waals surface area contributed by atoms with E-state index in [1.54, 1.807) is 0 Å². The molecule has 0 rings (SSSR count). The van der Waals surface area contributed by atoms with Gasteiger partial charge in [0.25, 0.3) is 0 Å². The second kappa shape index (κ2) is 13.0. The summed E-state index contributed by atoms with van der Waals surface area (Å²) in [5.41, 5.74) is 0. The van der Waals surface area contributed by atoms with Gasteiger partial charge >= 0.3 is 103 Å². The zero-order chi connectivity index (χ0) is 9.78. The molecule has 0 aliphatic carbocycles. The van der Waals surface area contributed by atoms with Crippen molar-refractivity contribution >= 4 is 27.9 Å². The van der Waals surface area contributed by atoms with Crippen molar-refractivity contribution in [2.24, 2.45) is 0 Å². The zero-order valence-corrected chi connectivity index (χ0v) is 11.8. The first-order valence-corrected chi connectivity index (χ1v) is 7.83. The molecule has 0 saturated carbocycles. The number of rotatable bonds is 10. The van der Waals surface area contributed by atoms with E-state index in [1.807, 2.05) is 0 Å². The van der Waals surface area contributed by atoms with Crippen molar-refractivity contribution < 1.29 is 0 Å². The molecule has 0 aliphatic heterocycles. The summed E-state index contributed by atoms with van der Waals surface area (Å²) in [5, 5.41) is 0. The van der Waals surface area contributed by atoms with E-state index in [2.05, 4.69) is 6.92 Å². The average Bonchev–Trinajstić information content (AvgIpc) is 2.16. The predicted molar refractivity (Wildman–Crippen MR) is 62.4 cm³/mol. The van der Waals surface area contributed by atoms with Gasteiger partial charge in [0.2, 0.25) is 0 Å². The number of unbranched alkanes of at least 4 members (excludes halogenated alkanes) is 9. The van der Waals surface area contributed by atoms with Gasteiger partial charge in [-0.05, 0) is 0 Å². The molecule has 13 heavy (non-hydrogen) atoms. The summed E-state index contributed by atoms with van der Waals surface area (Å²) < 4.78 is 1.51. The fraction of sp³-hybridized carbons (Fsp3) is 1.00. The van der Waals surface area contributed by atoms with Crippen LogP contribution in [0.1, 0.15) is 71.1 Å². The van der Waals surface area contributed by atoms with E-state index in [1.165, 1.54) is 95.8 Å². The molecule has 0 nitrogen and oxygen atoms in total. The molecule has 0 aliphatic rings. The predicted octanol–water partition coefficient (Wildman–Crippen LogP) is 4.49. The first kappa shape index (κ1) is 14.0. The van der Waals surface area contributed by atoms with Crippen LogP contribution in [-0.4, -0.2) is 27.9 Å². The van der Waals surface area contributed by atoms with Crippen LogP contribution in [0.15, 0.2) is 0 Å². The van der Waals surface area contributed by atoms with Crippen LogP contribution in [0.5, 0.6) is 0 Å². The van der Waals surface area contributed by atoms with Gasteiger partial charge in [0.15, 0.2) is 0 Å². The first-order chi connectivity index (χ1) is 6.41. The summed E-state index contributed by atoms with van der Waals surface area (Å²) in [6.45, 7) is 2.29. The molecule has 0 aromatic carbocycles. The van der Waals surface area contributed by atoms with Crippen LogP contribution in [0.4, 0.5) is 0 Å². The Bertz CT molecular complexity index is 71.2. The second-order valence-electron chi connectivity index (χ2n) is 4.18. The van der Waals surface area contributed by atoms with Gasteiger partial charge in [0, 0.05) is 0 Å². The van der Waals surface area contributed by atoms with Gasteiger partial charge in [0.1, 0.15) is 0 Å². The van der Waals surface area contributed by atoms with Crippen LogP contribution in [0.2, 0.25) is 3.67 Å². The van der Waals surface area contributed by atoms with E-state index < -0.39 is 0 Å². The Kier molecular flexibility index (Phi) is 14.0. The van der Waals surface area contributed by atoms with Crippen molar-refractivity contribution in [1.82, 2.24) is 0 Å². The monoisotopic (exact) mass is 192 g/mol. The van der Waals surface area contributed by atoms with Gasteiger partial charge in [0.05, 0.1) is 0 Å². The van der Waals surface area contributed by atoms with Gasteiger partial charge in [-0.1, -0.05) is 0 Å². The first-order valence-electron chi connectivity index (χ1n) is 6.41. The summed E-state index contributed by atoms with van der Waals surface area (Å²) in [6.07, 6.45) is 14.7. The zero-order valence-electron chi connectivity index (χ0n) is 9.78. The molecular weight excluding hydrogens is 167 g/mol. The minimum atomic E-state index is 1.38. The fourth-order valence-corrected chi connectivity index (χ4v) is 2.24. The summed E-state index contributed by atoms with van der Waals surface area (Å²) in [6, 6.07) is 0. The molecule has 0 bridgehead atoms. The van der Waals surface area contributed by atoms with Crippen LogP contribution in [-0.2, 0) is 0 Å². The maximum atomic E-state index is 2.29. The molecule has 0 aromatic rings. The molecule has 74 valence electrons. The Hall–Kier alpha value is 1.00. The van der Waals surface area contributed by atoms with E-state index >= 15 is 0 Å². The van der Waals surface area contributed by atoms with Gasteiger partial charge < -0.3 is 0 Å². The fourth-order valence-electron chi connectivity index (χ4n) is 1.74. The van der Waals surface area contributed by atoms with Crippen molar-refractivity contribution in [3.63, 3.8) is 0 Å². The Balaban J connectivity index is 2.76. The molecule has 0 N–H and O–H groups in total. The van der Waals surface area contributed by atoms with E-state index in [0.29, 0.717) is 0 Å². The number of hydrogen-bond donors (Lipinski definition) is 0. The molecule has 0 atom stereocenters.